The molecule has 0 bridgehead atoms. The van der Waals surface area contributed by atoms with Crippen molar-refractivity contribution in [2.45, 2.75) is 38.1 Å². The molecule has 0 spiro atoms. The molecule has 1 fully saturated rings. The van der Waals surface area contributed by atoms with Crippen molar-refractivity contribution in [2.24, 2.45) is 0 Å². The number of fused-ring (bicyclic) bond motifs is 1. The van der Waals surface area contributed by atoms with Crippen molar-refractivity contribution in [3.63, 3.8) is 0 Å². The van der Waals surface area contributed by atoms with Crippen LogP contribution in [0, 0.1) is 16.4 Å². The van der Waals surface area contributed by atoms with Gasteiger partial charge in [-0.2, -0.15) is 0 Å². The van der Waals surface area contributed by atoms with Crippen molar-refractivity contribution in [3.8, 4) is 0 Å². The maximum Gasteiger partial charge on any atom is 0.319 e. The fraction of sp³-hybridized carbons (Fsp3) is 0.500. The second kappa shape index (κ2) is 8.07. The molecule has 2 amide bonds. The van der Waals surface area contributed by atoms with E-state index < -0.39 is 11.6 Å². The smallest absolute Gasteiger partial charge is 0.319 e. The van der Waals surface area contributed by atoms with E-state index in [1.807, 2.05) is 9.47 Å². The van der Waals surface area contributed by atoms with Gasteiger partial charge >= 0.3 is 6.03 Å². The number of aromatic nitrogens is 2. The molecule has 1 unspecified atom stereocenters. The van der Waals surface area contributed by atoms with Crippen LogP contribution < -0.4 is 0 Å². The molecule has 1 aromatic carbocycles. The maximum absolute atomic E-state index is 14.5. The van der Waals surface area contributed by atoms with E-state index in [9.17, 15) is 13.6 Å². The van der Waals surface area contributed by atoms with Crippen LogP contribution in [0.15, 0.2) is 12.1 Å². The summed E-state index contributed by atoms with van der Waals surface area (Å²) in [5, 5.41) is -0.0783. The number of H-pyrrole nitrogens is 1. The third-order valence-electron chi connectivity index (χ3n) is 5.91. The van der Waals surface area contributed by atoms with Crippen LogP contribution in [0.3, 0.4) is 0 Å². The van der Waals surface area contributed by atoms with Crippen LogP contribution in [0.2, 0.25) is 5.02 Å². The van der Waals surface area contributed by atoms with Gasteiger partial charge in [-0.25, -0.2) is 13.6 Å². The highest BCUT2D eigenvalue weighted by atomic mass is 35.5. The molecular formula is C20H23ClF2N4OS. The molecule has 2 aromatic rings. The van der Waals surface area contributed by atoms with Gasteiger partial charge < -0.3 is 19.4 Å². The summed E-state index contributed by atoms with van der Waals surface area (Å²) in [6.07, 6.45) is 3.19. The van der Waals surface area contributed by atoms with Gasteiger partial charge in [-0.15, -0.1) is 0 Å². The van der Waals surface area contributed by atoms with E-state index in [0.29, 0.717) is 30.7 Å². The Labute approximate surface area is 178 Å². The van der Waals surface area contributed by atoms with E-state index in [1.165, 1.54) is 12.1 Å². The number of carbonyl (C=O) groups excluding carboxylic acids is 1. The van der Waals surface area contributed by atoms with E-state index in [-0.39, 0.29) is 22.5 Å². The lowest BCUT2D eigenvalue weighted by Gasteiger charge is -2.24. The average Bonchev–Trinajstić information content (AvgIpc) is 3.42. The highest BCUT2D eigenvalue weighted by Gasteiger charge is 2.31. The Kier molecular flexibility index (Phi) is 5.66. The fourth-order valence-corrected chi connectivity index (χ4v) is 4.81. The Morgan fingerprint density at radius 3 is 2.79 bits per heavy atom. The Balaban J connectivity index is 1.49. The number of hydrogen-bond donors (Lipinski definition) is 1. The molecule has 0 radical (unpaired) electrons. The molecule has 2 aliphatic heterocycles. The number of carbonyl (C=O) groups is 1. The predicted molar refractivity (Wildman–Crippen MR) is 110 cm³/mol. The zero-order valence-corrected chi connectivity index (χ0v) is 17.8. The van der Waals surface area contributed by atoms with Crippen molar-refractivity contribution < 1.29 is 13.6 Å². The Bertz CT molecular complexity index is 999. The molecule has 29 heavy (non-hydrogen) atoms. The summed E-state index contributed by atoms with van der Waals surface area (Å²) in [5.74, 6) is -1.65. The van der Waals surface area contributed by atoms with Crippen LogP contribution >= 0.6 is 23.8 Å². The summed E-state index contributed by atoms with van der Waals surface area (Å²) in [7, 11) is 1.80. The first-order valence-electron chi connectivity index (χ1n) is 9.80. The molecule has 2 aliphatic rings. The molecule has 156 valence electrons. The number of hydrogen-bond acceptors (Lipinski definition) is 2. The number of rotatable bonds is 4. The Morgan fingerprint density at radius 2 is 2.07 bits per heavy atom. The number of nitrogens with zero attached hydrogens (tertiary/aromatic N) is 3. The van der Waals surface area contributed by atoms with Gasteiger partial charge in [0.2, 0.25) is 0 Å². The summed E-state index contributed by atoms with van der Waals surface area (Å²) in [6.45, 7) is 2.57. The minimum absolute atomic E-state index is 0.0166. The molecule has 9 heteroatoms. The second-order valence-electron chi connectivity index (χ2n) is 7.77. The topological polar surface area (TPSA) is 44.3 Å². The first kappa shape index (κ1) is 20.3. The summed E-state index contributed by atoms with van der Waals surface area (Å²) in [5.41, 5.74) is 1.88. The quantitative estimate of drug-likeness (QED) is 0.561. The number of urea groups is 1. The number of likely N-dealkylation sites (tertiary alicyclic amines) is 1. The van der Waals surface area contributed by atoms with Gasteiger partial charge in [0.1, 0.15) is 11.6 Å². The molecule has 3 heterocycles. The fourth-order valence-electron chi connectivity index (χ4n) is 4.34. The molecule has 1 saturated heterocycles. The predicted octanol–water partition coefficient (Wildman–Crippen LogP) is 4.51. The zero-order chi connectivity index (χ0) is 20.7. The molecule has 1 atom stereocenters. The van der Waals surface area contributed by atoms with Crippen LogP contribution in [0.1, 0.15) is 35.7 Å². The van der Waals surface area contributed by atoms with Gasteiger partial charge in [0.05, 0.1) is 5.02 Å². The van der Waals surface area contributed by atoms with E-state index >= 15 is 0 Å². The third kappa shape index (κ3) is 3.80. The average molecular weight is 441 g/mol. The molecule has 1 N–H and O–H groups in total. The Hall–Kier alpha value is -1.93. The van der Waals surface area contributed by atoms with Crippen molar-refractivity contribution in [1.82, 2.24) is 19.4 Å². The second-order valence-corrected chi connectivity index (χ2v) is 8.57. The van der Waals surface area contributed by atoms with Crippen molar-refractivity contribution >= 4 is 29.8 Å². The van der Waals surface area contributed by atoms with Crippen molar-refractivity contribution in [2.75, 3.05) is 26.7 Å². The van der Waals surface area contributed by atoms with Crippen LogP contribution in [-0.2, 0) is 19.4 Å². The minimum atomic E-state index is -0.699. The van der Waals surface area contributed by atoms with Crippen LogP contribution in [-0.4, -0.2) is 52.1 Å². The van der Waals surface area contributed by atoms with E-state index in [2.05, 4.69) is 4.98 Å². The van der Waals surface area contributed by atoms with Gasteiger partial charge in [-0.3, -0.25) is 0 Å². The molecule has 4 rings (SSSR count). The largest absolute Gasteiger partial charge is 0.334 e. The number of amides is 2. The van der Waals surface area contributed by atoms with E-state index in [1.54, 1.807) is 11.9 Å². The Morgan fingerprint density at radius 1 is 1.34 bits per heavy atom. The lowest BCUT2D eigenvalue weighted by atomic mass is 9.95. The van der Waals surface area contributed by atoms with Gasteiger partial charge in [0.25, 0.3) is 0 Å². The number of likely N-dealkylation sites (N-methyl/N-ethyl adjacent to an activating group) is 1. The molecule has 5 nitrogen and oxygen atoms in total. The van der Waals surface area contributed by atoms with E-state index in [4.69, 9.17) is 23.8 Å². The number of nitrogens with one attached hydrogen (secondary N) is 1. The number of imidazole rings is 1. The normalized spacial score (nSPS) is 18.3. The minimum Gasteiger partial charge on any atom is -0.334 e. The zero-order valence-electron chi connectivity index (χ0n) is 16.2. The summed E-state index contributed by atoms with van der Waals surface area (Å²) < 4.78 is 31.2. The number of halogens is 3. The number of aromatic amines is 1. The SMILES string of the molecule is CN(CCc1[nH]c(=S)n2c1CC(c1c(F)ccc(Cl)c1F)C2)C(=O)N1CCCC1. The number of benzene rings is 1. The highest BCUT2D eigenvalue weighted by Crippen LogP contribution is 2.36. The molecule has 0 aliphatic carbocycles. The first-order chi connectivity index (χ1) is 13.9. The van der Waals surface area contributed by atoms with Gasteiger partial charge in [0.15, 0.2) is 4.77 Å². The van der Waals surface area contributed by atoms with Crippen LogP contribution in [0.4, 0.5) is 13.6 Å². The first-order valence-corrected chi connectivity index (χ1v) is 10.6. The summed E-state index contributed by atoms with van der Waals surface area (Å²) in [4.78, 5) is 19.3. The van der Waals surface area contributed by atoms with Crippen molar-refractivity contribution in [1.29, 1.82) is 0 Å². The van der Waals surface area contributed by atoms with Gasteiger partial charge in [-0.1, -0.05) is 11.6 Å². The third-order valence-corrected chi connectivity index (χ3v) is 6.52. The van der Waals surface area contributed by atoms with Gasteiger partial charge in [-0.05, 0) is 43.6 Å². The van der Waals surface area contributed by atoms with E-state index in [0.717, 1.165) is 37.3 Å². The summed E-state index contributed by atoms with van der Waals surface area (Å²) >= 11 is 11.3. The standard InChI is InChI=1S/C20H23ClF2N4OS/c1-25(20(28)26-7-2-3-8-26)9-6-15-16-10-12(11-27(16)19(29)24-15)17-14(22)5-4-13(21)18(17)23/h4-5,12H,2-3,6-11H2,1H3,(H,24,29). The molecule has 1 aromatic heterocycles. The van der Waals surface area contributed by atoms with Crippen LogP contribution in [0.5, 0.6) is 0 Å². The lowest BCUT2D eigenvalue weighted by Crippen LogP contribution is -2.40. The van der Waals surface area contributed by atoms with Gasteiger partial charge in [0, 0.05) is 62.5 Å². The van der Waals surface area contributed by atoms with Crippen molar-refractivity contribution in [3.05, 3.63) is 50.5 Å². The highest BCUT2D eigenvalue weighted by molar-refractivity contribution is 7.71. The molecule has 0 saturated carbocycles. The van der Waals surface area contributed by atoms with Crippen LogP contribution in [0.25, 0.3) is 0 Å². The monoisotopic (exact) mass is 440 g/mol. The lowest BCUT2D eigenvalue weighted by molar-refractivity contribution is 0.173. The molecular weight excluding hydrogens is 418 g/mol. The summed E-state index contributed by atoms with van der Waals surface area (Å²) in [6, 6.07) is 2.48. The maximum atomic E-state index is 14.5.